The number of methoxy groups -OCH3 is 2. The third kappa shape index (κ3) is 5.14. The summed E-state index contributed by atoms with van der Waals surface area (Å²) in [6.45, 7) is 7.11. The number of hydrogen-bond donors (Lipinski definition) is 2. The van der Waals surface area contributed by atoms with Crippen molar-refractivity contribution in [1.82, 2.24) is 15.3 Å². The van der Waals surface area contributed by atoms with Crippen LogP contribution in [0.25, 0.3) is 21.6 Å². The molecule has 0 aliphatic carbocycles. The Morgan fingerprint density at radius 2 is 2.06 bits per heavy atom. The van der Waals surface area contributed by atoms with Crippen LogP contribution in [0.15, 0.2) is 28.4 Å². The summed E-state index contributed by atoms with van der Waals surface area (Å²) in [7, 11) is 3.05. The number of aryl methyl sites for hydroxylation is 1. The van der Waals surface area contributed by atoms with E-state index in [4.69, 9.17) is 4.74 Å². The van der Waals surface area contributed by atoms with Gasteiger partial charge >= 0.3 is 5.97 Å². The van der Waals surface area contributed by atoms with Gasteiger partial charge in [-0.15, -0.1) is 11.3 Å². The maximum absolute atomic E-state index is 12.4. The van der Waals surface area contributed by atoms with E-state index in [1.165, 1.54) is 7.11 Å². The van der Waals surface area contributed by atoms with Crippen LogP contribution < -0.4 is 15.5 Å². The minimum atomic E-state index is -0.132. The number of hydrogen-bond acceptors (Lipinski definition) is 7. The maximum atomic E-state index is 12.4. The Balaban J connectivity index is 0.000000254. The van der Waals surface area contributed by atoms with E-state index in [0.717, 1.165) is 52.6 Å². The fourth-order valence-corrected chi connectivity index (χ4v) is 4.43. The van der Waals surface area contributed by atoms with Gasteiger partial charge in [-0.2, -0.15) is 0 Å². The number of fused-ring (bicyclic) bond motifs is 1. The fourth-order valence-electron chi connectivity index (χ4n) is 3.48. The molecule has 1 aliphatic heterocycles. The molecule has 0 radical (unpaired) electrons. The van der Waals surface area contributed by atoms with E-state index in [-0.39, 0.29) is 17.4 Å². The molecular formula is C23H29N3O4S. The number of carbonyl (C=O) groups is 1. The van der Waals surface area contributed by atoms with Gasteiger partial charge < -0.3 is 19.8 Å². The molecule has 1 saturated heterocycles. The summed E-state index contributed by atoms with van der Waals surface area (Å²) < 4.78 is 9.87. The van der Waals surface area contributed by atoms with Gasteiger partial charge in [0, 0.05) is 22.4 Å². The zero-order valence-corrected chi connectivity index (χ0v) is 19.4. The number of aromatic nitrogens is 2. The summed E-state index contributed by atoms with van der Waals surface area (Å²) in [5.74, 6) is 1.01. The highest BCUT2D eigenvalue weighted by Gasteiger charge is 2.21. The van der Waals surface area contributed by atoms with Gasteiger partial charge in [-0.1, -0.05) is 13.8 Å². The molecule has 166 valence electrons. The summed E-state index contributed by atoms with van der Waals surface area (Å²) >= 11 is 1.55. The minimum Gasteiger partial charge on any atom is -0.496 e. The normalized spacial score (nSPS) is 15.6. The summed E-state index contributed by atoms with van der Waals surface area (Å²) in [5, 5.41) is 6.58. The summed E-state index contributed by atoms with van der Waals surface area (Å²) in [5.41, 5.74) is 3.53. The molecular weight excluding hydrogens is 414 g/mol. The van der Waals surface area contributed by atoms with Crippen molar-refractivity contribution in [3.8, 4) is 16.5 Å². The fraction of sp³-hybridized carbons (Fsp3) is 0.435. The first-order chi connectivity index (χ1) is 14.8. The lowest BCUT2D eigenvalue weighted by molar-refractivity contribution is -0.142. The van der Waals surface area contributed by atoms with E-state index in [1.807, 2.05) is 18.4 Å². The molecule has 2 N–H and O–H groups in total. The average Bonchev–Trinajstić information content (AvgIpc) is 3.47. The predicted molar refractivity (Wildman–Crippen MR) is 124 cm³/mol. The van der Waals surface area contributed by atoms with Crippen LogP contribution in [-0.4, -0.2) is 42.7 Å². The van der Waals surface area contributed by atoms with E-state index >= 15 is 0 Å². The van der Waals surface area contributed by atoms with Crippen LogP contribution in [-0.2, 0) is 9.53 Å². The van der Waals surface area contributed by atoms with Crippen LogP contribution in [0.3, 0.4) is 0 Å². The van der Waals surface area contributed by atoms with Crippen LogP contribution in [0.1, 0.15) is 43.9 Å². The van der Waals surface area contributed by atoms with Gasteiger partial charge in [0.05, 0.1) is 31.1 Å². The van der Waals surface area contributed by atoms with Gasteiger partial charge in [0.25, 0.3) is 0 Å². The topological polar surface area (TPSA) is 93.3 Å². The van der Waals surface area contributed by atoms with Crippen molar-refractivity contribution in [3.05, 3.63) is 45.1 Å². The number of aromatic amines is 1. The lowest BCUT2D eigenvalue weighted by atomic mass is 10.1. The van der Waals surface area contributed by atoms with Crippen molar-refractivity contribution in [3.63, 3.8) is 0 Å². The Kier molecular flexibility index (Phi) is 7.46. The van der Waals surface area contributed by atoms with Crippen molar-refractivity contribution in [2.24, 2.45) is 0 Å². The van der Waals surface area contributed by atoms with Gasteiger partial charge in [-0.25, -0.2) is 4.98 Å². The monoisotopic (exact) mass is 443 g/mol. The Hall–Kier alpha value is -2.71. The van der Waals surface area contributed by atoms with Gasteiger partial charge in [0.2, 0.25) is 0 Å². The molecule has 2 aromatic heterocycles. The number of nitrogens with one attached hydrogen (secondary N) is 2. The molecule has 1 fully saturated rings. The highest BCUT2D eigenvalue weighted by atomic mass is 32.1. The van der Waals surface area contributed by atoms with E-state index in [2.05, 4.69) is 33.9 Å². The van der Waals surface area contributed by atoms with E-state index in [1.54, 1.807) is 30.6 Å². The predicted octanol–water partition coefficient (Wildman–Crippen LogP) is 4.00. The third-order valence-corrected chi connectivity index (χ3v) is 6.22. The summed E-state index contributed by atoms with van der Waals surface area (Å²) in [6.07, 6.45) is 2.01. The quantitative estimate of drug-likeness (QED) is 0.592. The van der Waals surface area contributed by atoms with Crippen LogP contribution in [0.2, 0.25) is 0 Å². The Labute approximate surface area is 185 Å². The van der Waals surface area contributed by atoms with E-state index in [9.17, 15) is 9.59 Å². The number of thiazole rings is 1. The van der Waals surface area contributed by atoms with Gasteiger partial charge in [-0.05, 0) is 44.4 Å². The lowest BCUT2D eigenvalue weighted by Gasteiger charge is -2.09. The second-order valence-electron chi connectivity index (χ2n) is 7.77. The molecule has 1 aromatic carbocycles. The molecule has 1 unspecified atom stereocenters. The second-order valence-corrected chi connectivity index (χ2v) is 8.63. The molecule has 4 rings (SSSR count). The minimum absolute atomic E-state index is 0.00389. The van der Waals surface area contributed by atoms with E-state index < -0.39 is 0 Å². The van der Waals surface area contributed by atoms with Crippen molar-refractivity contribution >= 4 is 28.2 Å². The summed E-state index contributed by atoms with van der Waals surface area (Å²) in [4.78, 5) is 31.1. The molecule has 31 heavy (non-hydrogen) atoms. The molecule has 3 aromatic rings. The van der Waals surface area contributed by atoms with Crippen LogP contribution in [0.4, 0.5) is 0 Å². The highest BCUT2D eigenvalue weighted by molar-refractivity contribution is 7.13. The zero-order chi connectivity index (χ0) is 22.5. The molecule has 0 spiro atoms. The number of ether oxygens (including phenoxy) is 2. The Morgan fingerprint density at radius 1 is 1.29 bits per heavy atom. The first-order valence-electron chi connectivity index (χ1n) is 10.3. The van der Waals surface area contributed by atoms with Crippen LogP contribution in [0.5, 0.6) is 5.75 Å². The molecule has 0 saturated carbocycles. The molecule has 0 amide bonds. The van der Waals surface area contributed by atoms with Gasteiger partial charge in [0.1, 0.15) is 16.8 Å². The van der Waals surface area contributed by atoms with Crippen LogP contribution in [0, 0.1) is 6.92 Å². The summed E-state index contributed by atoms with van der Waals surface area (Å²) in [6, 6.07) is 5.21. The number of esters is 1. The van der Waals surface area contributed by atoms with E-state index in [0.29, 0.717) is 11.3 Å². The first-order valence-corrected chi connectivity index (χ1v) is 11.2. The molecule has 1 atom stereocenters. The largest absolute Gasteiger partial charge is 0.496 e. The van der Waals surface area contributed by atoms with Crippen LogP contribution >= 0.6 is 11.3 Å². The number of pyridine rings is 1. The number of carbonyl (C=O) groups excluding carboxylic acids is 1. The average molecular weight is 444 g/mol. The smallest absolute Gasteiger partial charge is 0.322 e. The standard InChI is InChI=1S/C17H18N2O2S.C6H11NO2/c1-9(2)13-8-22-17(19-13)12-7-14(20)11-5-6-15(21-4)10(3)16(11)18-12;1-9-6(8)5-3-2-4-7-5/h5-9H,1-4H3,(H,18,20);5,7H,2-4H2,1H3. The molecule has 1 aliphatic rings. The zero-order valence-electron chi connectivity index (χ0n) is 18.6. The van der Waals surface area contributed by atoms with Crippen molar-refractivity contribution < 1.29 is 14.3 Å². The Morgan fingerprint density at radius 3 is 2.65 bits per heavy atom. The SMILES string of the molecule is COC(=O)C1CCCN1.COc1ccc2c(=O)cc(-c3nc(C(C)C)cs3)[nH]c2c1C. The molecule has 8 heteroatoms. The number of nitrogens with zero attached hydrogens (tertiary/aromatic N) is 1. The maximum Gasteiger partial charge on any atom is 0.322 e. The molecule has 7 nitrogen and oxygen atoms in total. The van der Waals surface area contributed by atoms with Gasteiger partial charge in [0.15, 0.2) is 5.43 Å². The van der Waals surface area contributed by atoms with Crippen molar-refractivity contribution in [2.45, 2.75) is 45.6 Å². The second kappa shape index (κ2) is 10.1. The number of H-pyrrole nitrogens is 1. The third-order valence-electron chi connectivity index (χ3n) is 5.33. The molecule has 3 heterocycles. The molecule has 0 bridgehead atoms. The first kappa shape index (κ1) is 23.0. The number of benzene rings is 1. The number of rotatable bonds is 4. The van der Waals surface area contributed by atoms with Gasteiger partial charge in [-0.3, -0.25) is 9.59 Å². The van der Waals surface area contributed by atoms with Crippen molar-refractivity contribution in [2.75, 3.05) is 20.8 Å². The Bertz CT molecular complexity index is 1110. The highest BCUT2D eigenvalue weighted by Crippen LogP contribution is 2.29. The lowest BCUT2D eigenvalue weighted by Crippen LogP contribution is -2.31. The van der Waals surface area contributed by atoms with Crippen molar-refractivity contribution in [1.29, 1.82) is 0 Å².